The molecule has 0 aromatic heterocycles. The molecule has 8 nitrogen and oxygen atoms in total. The number of carbonyl (C=O) groups excluding carboxylic acids is 3. The SMILES string of the molecule is COC(=O)C(C(=O)OC)[C@@H](C)[C@@H](NC(=O)c1cc(C(F)(F)F)cc(C(F)(F)F)c1)C(=O)O. The van der Waals surface area contributed by atoms with E-state index in [9.17, 15) is 50.6 Å². The molecule has 14 heteroatoms. The number of aliphatic carboxylic acids is 1. The molecule has 2 N–H and O–H groups in total. The van der Waals surface area contributed by atoms with Gasteiger partial charge >= 0.3 is 30.3 Å². The van der Waals surface area contributed by atoms with Crippen molar-refractivity contribution in [3.63, 3.8) is 0 Å². The highest BCUT2D eigenvalue weighted by Gasteiger charge is 2.43. The number of methoxy groups -OCH3 is 2. The van der Waals surface area contributed by atoms with Crippen LogP contribution in [0.25, 0.3) is 0 Å². The van der Waals surface area contributed by atoms with Crippen molar-refractivity contribution in [2.45, 2.75) is 25.3 Å². The fourth-order valence-electron chi connectivity index (χ4n) is 2.70. The summed E-state index contributed by atoms with van der Waals surface area (Å²) in [6.45, 7) is 1.02. The summed E-state index contributed by atoms with van der Waals surface area (Å²) >= 11 is 0. The van der Waals surface area contributed by atoms with Crippen LogP contribution in [-0.2, 0) is 36.2 Å². The summed E-state index contributed by atoms with van der Waals surface area (Å²) in [5.41, 5.74) is -4.72. The number of carboxylic acids is 1. The number of benzene rings is 1. The van der Waals surface area contributed by atoms with E-state index in [1.807, 2.05) is 0 Å². The molecule has 0 aliphatic heterocycles. The number of hydrogen-bond acceptors (Lipinski definition) is 6. The second-order valence-electron chi connectivity index (χ2n) is 6.47. The zero-order chi connectivity index (χ0) is 25.0. The van der Waals surface area contributed by atoms with Crippen molar-refractivity contribution in [2.24, 2.45) is 11.8 Å². The molecule has 0 spiro atoms. The van der Waals surface area contributed by atoms with E-state index in [0.29, 0.717) is 0 Å². The highest BCUT2D eigenvalue weighted by molar-refractivity contribution is 5.99. The fourth-order valence-corrected chi connectivity index (χ4v) is 2.70. The molecule has 0 unspecified atom stereocenters. The zero-order valence-electron chi connectivity index (χ0n) is 16.6. The average Bonchev–Trinajstić information content (AvgIpc) is 2.69. The lowest BCUT2D eigenvalue weighted by atomic mass is 9.87. The maximum atomic E-state index is 13.0. The van der Waals surface area contributed by atoms with Crippen LogP contribution in [0.3, 0.4) is 0 Å². The Hall–Kier alpha value is -3.32. The Morgan fingerprint density at radius 2 is 1.28 bits per heavy atom. The van der Waals surface area contributed by atoms with Crippen LogP contribution in [0.5, 0.6) is 0 Å². The minimum Gasteiger partial charge on any atom is -0.480 e. The predicted molar refractivity (Wildman–Crippen MR) is 92.0 cm³/mol. The van der Waals surface area contributed by atoms with Gasteiger partial charge in [-0.3, -0.25) is 14.4 Å². The molecule has 0 aliphatic rings. The minimum atomic E-state index is -5.24. The Morgan fingerprint density at radius 1 is 0.875 bits per heavy atom. The van der Waals surface area contributed by atoms with E-state index in [1.54, 1.807) is 5.32 Å². The van der Waals surface area contributed by atoms with Crippen molar-refractivity contribution in [3.8, 4) is 0 Å². The van der Waals surface area contributed by atoms with E-state index in [0.717, 1.165) is 21.1 Å². The number of ether oxygens (including phenoxy) is 2. The first-order valence-corrected chi connectivity index (χ1v) is 8.53. The lowest BCUT2D eigenvalue weighted by Gasteiger charge is -2.26. The Balaban J connectivity index is 3.41. The molecule has 1 aromatic rings. The molecule has 0 fully saturated rings. The van der Waals surface area contributed by atoms with Crippen molar-refractivity contribution in [3.05, 3.63) is 34.9 Å². The number of nitrogens with one attached hydrogen (secondary N) is 1. The smallest absolute Gasteiger partial charge is 0.416 e. The topological polar surface area (TPSA) is 119 Å². The third-order valence-electron chi connectivity index (χ3n) is 4.36. The van der Waals surface area contributed by atoms with E-state index >= 15 is 0 Å². The second-order valence-corrected chi connectivity index (χ2v) is 6.47. The predicted octanol–water partition coefficient (Wildman–Crippen LogP) is 2.51. The van der Waals surface area contributed by atoms with Crippen LogP contribution in [0.15, 0.2) is 18.2 Å². The molecule has 1 amide bonds. The van der Waals surface area contributed by atoms with Crippen molar-refractivity contribution >= 4 is 23.8 Å². The van der Waals surface area contributed by atoms with E-state index in [4.69, 9.17) is 0 Å². The number of carbonyl (C=O) groups is 4. The van der Waals surface area contributed by atoms with Gasteiger partial charge in [0, 0.05) is 11.5 Å². The Labute approximate surface area is 176 Å². The average molecular weight is 473 g/mol. The van der Waals surface area contributed by atoms with Crippen LogP contribution in [0.1, 0.15) is 28.4 Å². The Bertz CT molecular complexity index is 849. The first kappa shape index (κ1) is 26.7. The fraction of sp³-hybridized carbons (Fsp3) is 0.444. The molecular weight excluding hydrogens is 456 g/mol. The summed E-state index contributed by atoms with van der Waals surface area (Å²) in [6, 6.07) is -2.09. The highest BCUT2D eigenvalue weighted by Crippen LogP contribution is 2.36. The van der Waals surface area contributed by atoms with Gasteiger partial charge in [0.05, 0.1) is 25.3 Å². The number of halogens is 6. The van der Waals surface area contributed by atoms with Gasteiger partial charge in [0.2, 0.25) is 0 Å². The molecule has 0 aliphatic carbocycles. The van der Waals surface area contributed by atoms with Crippen LogP contribution >= 0.6 is 0 Å². The minimum absolute atomic E-state index is 0.103. The number of rotatable bonds is 7. The van der Waals surface area contributed by atoms with Crippen LogP contribution in [0.4, 0.5) is 26.3 Å². The molecule has 0 saturated heterocycles. The monoisotopic (exact) mass is 473 g/mol. The molecule has 178 valence electrons. The molecule has 2 atom stereocenters. The summed E-state index contributed by atoms with van der Waals surface area (Å²) in [6.07, 6.45) is -10.5. The van der Waals surface area contributed by atoms with Gasteiger partial charge in [-0.25, -0.2) is 4.79 Å². The molecule has 0 heterocycles. The van der Waals surface area contributed by atoms with Crippen LogP contribution in [0, 0.1) is 11.8 Å². The molecule has 32 heavy (non-hydrogen) atoms. The quantitative estimate of drug-likeness (QED) is 0.355. The first-order valence-electron chi connectivity index (χ1n) is 8.53. The number of alkyl halides is 6. The maximum absolute atomic E-state index is 13.0. The number of esters is 2. The van der Waals surface area contributed by atoms with Gasteiger partial charge in [-0.2, -0.15) is 26.3 Å². The van der Waals surface area contributed by atoms with Crippen LogP contribution in [0.2, 0.25) is 0 Å². The molecule has 1 aromatic carbocycles. The third-order valence-corrected chi connectivity index (χ3v) is 4.36. The first-order chi connectivity index (χ1) is 14.5. The van der Waals surface area contributed by atoms with Gasteiger partial charge in [0.1, 0.15) is 6.04 Å². The lowest BCUT2D eigenvalue weighted by Crippen LogP contribution is -2.50. The van der Waals surface area contributed by atoms with Crippen molar-refractivity contribution in [1.29, 1.82) is 0 Å². The number of carboxylic acid groups (broad SMARTS) is 1. The molecule has 0 bridgehead atoms. The Kier molecular flexibility index (Phi) is 8.24. The lowest BCUT2D eigenvalue weighted by molar-refractivity contribution is -0.162. The summed E-state index contributed by atoms with van der Waals surface area (Å²) in [5, 5.41) is 11.1. The van der Waals surface area contributed by atoms with Gasteiger partial charge in [-0.1, -0.05) is 6.92 Å². The molecular formula is C18H17F6NO7. The van der Waals surface area contributed by atoms with Crippen LogP contribution in [-0.4, -0.2) is 49.2 Å². The van der Waals surface area contributed by atoms with Gasteiger partial charge in [0.25, 0.3) is 5.91 Å². The van der Waals surface area contributed by atoms with Gasteiger partial charge < -0.3 is 19.9 Å². The van der Waals surface area contributed by atoms with Gasteiger partial charge in [-0.05, 0) is 18.2 Å². The van der Waals surface area contributed by atoms with E-state index in [1.165, 1.54) is 0 Å². The zero-order valence-corrected chi connectivity index (χ0v) is 16.6. The van der Waals surface area contributed by atoms with Crippen LogP contribution < -0.4 is 5.32 Å². The summed E-state index contributed by atoms with van der Waals surface area (Å²) in [4.78, 5) is 47.7. The summed E-state index contributed by atoms with van der Waals surface area (Å²) in [5.74, 6) is -9.34. The molecule has 1 rings (SSSR count). The summed E-state index contributed by atoms with van der Waals surface area (Å²) < 4.78 is 86.7. The Morgan fingerprint density at radius 3 is 1.59 bits per heavy atom. The number of hydrogen-bond donors (Lipinski definition) is 2. The van der Waals surface area contributed by atoms with Crippen molar-refractivity contribution < 1.29 is 60.1 Å². The van der Waals surface area contributed by atoms with Crippen molar-refractivity contribution in [1.82, 2.24) is 5.32 Å². The second kappa shape index (κ2) is 9.87. The third kappa shape index (κ3) is 6.34. The van der Waals surface area contributed by atoms with Gasteiger partial charge in [-0.15, -0.1) is 0 Å². The maximum Gasteiger partial charge on any atom is 0.416 e. The molecule has 0 saturated carbocycles. The van der Waals surface area contributed by atoms with E-state index in [2.05, 4.69) is 9.47 Å². The van der Waals surface area contributed by atoms with E-state index in [-0.39, 0.29) is 18.2 Å². The van der Waals surface area contributed by atoms with E-state index < -0.39 is 70.7 Å². The normalized spacial score (nSPS) is 13.8. The highest BCUT2D eigenvalue weighted by atomic mass is 19.4. The number of amides is 1. The summed E-state index contributed by atoms with van der Waals surface area (Å²) in [7, 11) is 1.75. The van der Waals surface area contributed by atoms with Gasteiger partial charge in [0.15, 0.2) is 5.92 Å². The largest absolute Gasteiger partial charge is 0.480 e. The van der Waals surface area contributed by atoms with Crippen molar-refractivity contribution in [2.75, 3.05) is 14.2 Å². The molecule has 0 radical (unpaired) electrons. The standard InChI is InChI=1S/C18H17F6NO7/c1-7(11(15(29)31-2)16(30)32-3)12(14(27)28)25-13(26)8-4-9(17(19,20)21)6-10(5-8)18(22,23)24/h4-7,11-12H,1-3H3,(H,25,26)(H,27,28)/t7-,12-/m1/s1.